The van der Waals surface area contributed by atoms with Crippen molar-refractivity contribution in [1.82, 2.24) is 19.9 Å². The van der Waals surface area contributed by atoms with E-state index in [9.17, 15) is 0 Å². The van der Waals surface area contributed by atoms with Gasteiger partial charge in [-0.2, -0.15) is 0 Å². The molecule has 0 aliphatic heterocycles. The van der Waals surface area contributed by atoms with Gasteiger partial charge in [-0.25, -0.2) is 4.68 Å². The molecule has 0 bridgehead atoms. The molecule has 0 unspecified atom stereocenters. The van der Waals surface area contributed by atoms with Crippen LogP contribution in [0.1, 0.15) is 90.9 Å². The lowest BCUT2D eigenvalue weighted by Gasteiger charge is -2.22. The molecule has 28 heavy (non-hydrogen) atoms. The van der Waals surface area contributed by atoms with Crippen LogP contribution in [0.2, 0.25) is 0 Å². The number of aromatic nitrogens is 3. The molecule has 0 N–H and O–H groups in total. The van der Waals surface area contributed by atoms with Gasteiger partial charge in [0.25, 0.3) is 0 Å². The Kier molecular flexibility index (Phi) is 11.9. The van der Waals surface area contributed by atoms with Gasteiger partial charge < -0.3 is 4.90 Å². The van der Waals surface area contributed by atoms with Crippen LogP contribution in [0.5, 0.6) is 0 Å². The Morgan fingerprint density at radius 1 is 0.714 bits per heavy atom. The fraction of sp³-hybridized carbons (Fsp3) is 0.750. The number of hydrogen-bond donors (Lipinski definition) is 0. The molecule has 0 aliphatic rings. The van der Waals surface area contributed by atoms with Gasteiger partial charge in [-0.15, -0.1) is 5.10 Å². The molecule has 158 valence electrons. The van der Waals surface area contributed by atoms with Crippen LogP contribution in [-0.2, 0) is 6.54 Å². The number of rotatable bonds is 17. The summed E-state index contributed by atoms with van der Waals surface area (Å²) in [6, 6.07) is 8.28. The van der Waals surface area contributed by atoms with Gasteiger partial charge in [-0.1, -0.05) is 95.4 Å². The molecule has 0 saturated carbocycles. The summed E-state index contributed by atoms with van der Waals surface area (Å²) in [6.45, 7) is 9.05. The zero-order chi connectivity index (χ0) is 19.9. The standard InChI is InChI=1S/C24H42N4/c1-3-5-7-9-11-15-19-27(20-16-12-10-8-6-4-2)21-22-28-24-18-14-13-17-23(24)25-26-28/h13-14,17-18H,3-12,15-16,19-22H2,1-2H3. The van der Waals surface area contributed by atoms with Crippen molar-refractivity contribution in [3.05, 3.63) is 24.3 Å². The predicted molar refractivity (Wildman–Crippen MR) is 121 cm³/mol. The van der Waals surface area contributed by atoms with Gasteiger partial charge in [0.2, 0.25) is 0 Å². The highest BCUT2D eigenvalue weighted by Gasteiger charge is 2.08. The van der Waals surface area contributed by atoms with Crippen molar-refractivity contribution in [3.8, 4) is 0 Å². The van der Waals surface area contributed by atoms with Crippen LogP contribution in [0.3, 0.4) is 0 Å². The third-order valence-electron chi connectivity index (χ3n) is 5.70. The minimum absolute atomic E-state index is 0.937. The van der Waals surface area contributed by atoms with Crippen molar-refractivity contribution in [2.45, 2.75) is 97.4 Å². The van der Waals surface area contributed by atoms with Gasteiger partial charge >= 0.3 is 0 Å². The smallest absolute Gasteiger partial charge is 0.113 e. The van der Waals surface area contributed by atoms with Gasteiger partial charge in [0, 0.05) is 6.54 Å². The van der Waals surface area contributed by atoms with E-state index in [2.05, 4.69) is 45.9 Å². The predicted octanol–water partition coefficient (Wildman–Crippen LogP) is 6.45. The summed E-state index contributed by atoms with van der Waals surface area (Å²) in [6.07, 6.45) is 16.4. The Morgan fingerprint density at radius 2 is 1.29 bits per heavy atom. The van der Waals surface area contributed by atoms with E-state index in [4.69, 9.17) is 0 Å². The zero-order valence-electron chi connectivity index (χ0n) is 18.4. The molecule has 1 aromatic heterocycles. The number of nitrogens with zero attached hydrogens (tertiary/aromatic N) is 4. The summed E-state index contributed by atoms with van der Waals surface area (Å²) in [4.78, 5) is 2.66. The molecule has 1 aromatic carbocycles. The zero-order valence-corrected chi connectivity index (χ0v) is 18.4. The van der Waals surface area contributed by atoms with Crippen molar-refractivity contribution in [3.63, 3.8) is 0 Å². The second-order valence-electron chi connectivity index (χ2n) is 8.18. The lowest BCUT2D eigenvalue weighted by molar-refractivity contribution is 0.247. The fourth-order valence-corrected chi connectivity index (χ4v) is 3.89. The van der Waals surface area contributed by atoms with Crippen molar-refractivity contribution >= 4 is 11.0 Å². The molecule has 0 aliphatic carbocycles. The number of hydrogen-bond acceptors (Lipinski definition) is 3. The molecular weight excluding hydrogens is 344 g/mol. The Balaban J connectivity index is 1.75. The molecule has 2 aromatic rings. The second kappa shape index (κ2) is 14.6. The highest BCUT2D eigenvalue weighted by atomic mass is 15.4. The Morgan fingerprint density at radius 3 is 1.93 bits per heavy atom. The quantitative estimate of drug-likeness (QED) is 0.293. The van der Waals surface area contributed by atoms with E-state index in [0.717, 1.165) is 24.1 Å². The Hall–Kier alpha value is -1.42. The normalized spacial score (nSPS) is 11.7. The van der Waals surface area contributed by atoms with E-state index >= 15 is 0 Å². The van der Waals surface area contributed by atoms with Crippen molar-refractivity contribution in [1.29, 1.82) is 0 Å². The fourth-order valence-electron chi connectivity index (χ4n) is 3.89. The second-order valence-corrected chi connectivity index (χ2v) is 8.18. The van der Waals surface area contributed by atoms with Crippen molar-refractivity contribution in [2.75, 3.05) is 19.6 Å². The largest absolute Gasteiger partial charge is 0.301 e. The maximum atomic E-state index is 4.37. The van der Waals surface area contributed by atoms with Gasteiger partial charge in [-0.05, 0) is 38.1 Å². The van der Waals surface area contributed by atoms with Crippen LogP contribution >= 0.6 is 0 Å². The lowest BCUT2D eigenvalue weighted by Crippen LogP contribution is -2.30. The summed E-state index contributed by atoms with van der Waals surface area (Å²) in [7, 11) is 0. The number of para-hydroxylation sites is 1. The number of benzene rings is 1. The SMILES string of the molecule is CCCCCCCCN(CCCCCCCC)CCn1nnc2ccccc21. The Labute approximate surface area is 172 Å². The molecule has 0 radical (unpaired) electrons. The maximum Gasteiger partial charge on any atom is 0.113 e. The van der Waals surface area contributed by atoms with E-state index in [1.807, 2.05) is 12.1 Å². The van der Waals surface area contributed by atoms with Gasteiger partial charge in [0.05, 0.1) is 12.1 Å². The summed E-state index contributed by atoms with van der Waals surface area (Å²) >= 11 is 0. The summed E-state index contributed by atoms with van der Waals surface area (Å²) in [5.74, 6) is 0. The summed E-state index contributed by atoms with van der Waals surface area (Å²) < 4.78 is 2.07. The summed E-state index contributed by atoms with van der Waals surface area (Å²) in [5.41, 5.74) is 2.16. The van der Waals surface area contributed by atoms with Gasteiger partial charge in [-0.3, -0.25) is 0 Å². The maximum absolute atomic E-state index is 4.37. The van der Waals surface area contributed by atoms with E-state index in [0.29, 0.717) is 0 Å². The van der Waals surface area contributed by atoms with Crippen molar-refractivity contribution in [2.24, 2.45) is 0 Å². The van der Waals surface area contributed by atoms with Gasteiger partial charge in [0.1, 0.15) is 5.52 Å². The monoisotopic (exact) mass is 386 g/mol. The number of fused-ring (bicyclic) bond motifs is 1. The third kappa shape index (κ3) is 8.72. The molecule has 0 saturated heterocycles. The van der Waals surface area contributed by atoms with E-state index in [-0.39, 0.29) is 0 Å². The minimum Gasteiger partial charge on any atom is -0.301 e. The van der Waals surface area contributed by atoms with Crippen LogP contribution in [-0.4, -0.2) is 39.5 Å². The molecule has 0 fully saturated rings. The Bertz CT molecular complexity index is 606. The van der Waals surface area contributed by atoms with Crippen LogP contribution in [0, 0.1) is 0 Å². The van der Waals surface area contributed by atoms with E-state index in [1.54, 1.807) is 0 Å². The first-order chi connectivity index (χ1) is 13.8. The number of unbranched alkanes of at least 4 members (excludes halogenated alkanes) is 10. The average Bonchev–Trinajstić information content (AvgIpc) is 3.14. The van der Waals surface area contributed by atoms with E-state index in [1.165, 1.54) is 90.1 Å². The van der Waals surface area contributed by atoms with Crippen LogP contribution in [0.25, 0.3) is 11.0 Å². The van der Waals surface area contributed by atoms with Crippen LogP contribution in [0.15, 0.2) is 24.3 Å². The lowest BCUT2D eigenvalue weighted by atomic mass is 10.1. The highest BCUT2D eigenvalue weighted by molar-refractivity contribution is 5.73. The first-order valence-electron chi connectivity index (χ1n) is 11.9. The highest BCUT2D eigenvalue weighted by Crippen LogP contribution is 2.12. The molecule has 4 nitrogen and oxygen atoms in total. The first kappa shape index (κ1) is 22.9. The molecule has 0 amide bonds. The topological polar surface area (TPSA) is 34.0 Å². The van der Waals surface area contributed by atoms with Crippen molar-refractivity contribution < 1.29 is 0 Å². The molecule has 0 atom stereocenters. The van der Waals surface area contributed by atoms with Crippen LogP contribution < -0.4 is 0 Å². The van der Waals surface area contributed by atoms with Crippen LogP contribution in [0.4, 0.5) is 0 Å². The molecular formula is C24H42N4. The minimum atomic E-state index is 0.937. The average molecular weight is 387 g/mol. The molecule has 1 heterocycles. The summed E-state index contributed by atoms with van der Waals surface area (Å²) in [5, 5.41) is 8.67. The molecule has 4 heteroatoms. The molecule has 0 spiro atoms. The molecule has 2 rings (SSSR count). The van der Waals surface area contributed by atoms with Gasteiger partial charge in [0.15, 0.2) is 0 Å². The third-order valence-corrected chi connectivity index (χ3v) is 5.70. The van der Waals surface area contributed by atoms with E-state index < -0.39 is 0 Å². The first-order valence-corrected chi connectivity index (χ1v) is 11.9.